The molecular formula is C17H14F2N4O5S. The van der Waals surface area contributed by atoms with Gasteiger partial charge < -0.3 is 5.32 Å². The lowest BCUT2D eigenvalue weighted by Gasteiger charge is -2.09. The summed E-state index contributed by atoms with van der Waals surface area (Å²) in [5.74, 6) is -4.24. The van der Waals surface area contributed by atoms with Gasteiger partial charge in [-0.25, -0.2) is 18.2 Å². The first-order chi connectivity index (χ1) is 13.5. The molecule has 2 aromatic heterocycles. The molecule has 0 saturated carbocycles. The number of alkyl halides is 2. The summed E-state index contributed by atoms with van der Waals surface area (Å²) < 4.78 is 50.1. The van der Waals surface area contributed by atoms with Crippen molar-refractivity contribution >= 4 is 32.5 Å². The van der Waals surface area contributed by atoms with Crippen molar-refractivity contribution in [3.63, 3.8) is 0 Å². The number of nitrogens with zero attached hydrogens (tertiary/aromatic N) is 3. The molecule has 0 atom stereocenters. The van der Waals surface area contributed by atoms with Gasteiger partial charge in [0, 0.05) is 19.7 Å². The lowest BCUT2D eigenvalue weighted by atomic mass is 10.2. The predicted octanol–water partition coefficient (Wildman–Crippen LogP) is 0.881. The fourth-order valence-corrected chi connectivity index (χ4v) is 3.36. The van der Waals surface area contributed by atoms with Gasteiger partial charge in [0.05, 0.1) is 22.2 Å². The molecule has 1 aromatic carbocycles. The third-order valence-electron chi connectivity index (χ3n) is 4.23. The number of aryl methyl sites for hydroxylation is 1. The highest BCUT2D eigenvalue weighted by atomic mass is 32.2. The summed E-state index contributed by atoms with van der Waals surface area (Å²) in [6, 6.07) is 5.32. The molecule has 0 spiro atoms. The second-order valence-electron chi connectivity index (χ2n) is 6.09. The van der Waals surface area contributed by atoms with E-state index in [1.54, 1.807) is 0 Å². The van der Waals surface area contributed by atoms with E-state index in [0.29, 0.717) is 0 Å². The number of rotatable bonds is 4. The smallest absolute Gasteiger partial charge is 0.321 e. The summed E-state index contributed by atoms with van der Waals surface area (Å²) in [7, 11) is -2.00. The van der Waals surface area contributed by atoms with Gasteiger partial charge in [-0.2, -0.15) is 8.78 Å². The molecule has 1 amide bonds. The quantitative estimate of drug-likeness (QED) is 0.664. The molecule has 9 nitrogen and oxygen atoms in total. The van der Waals surface area contributed by atoms with E-state index in [4.69, 9.17) is 0 Å². The van der Waals surface area contributed by atoms with Gasteiger partial charge in [-0.1, -0.05) is 0 Å². The molecule has 0 bridgehead atoms. The highest BCUT2D eigenvalue weighted by molar-refractivity contribution is 7.91. The predicted molar refractivity (Wildman–Crippen MR) is 99.8 cm³/mol. The zero-order valence-corrected chi connectivity index (χ0v) is 15.9. The molecule has 0 radical (unpaired) electrons. The van der Waals surface area contributed by atoms with Gasteiger partial charge in [-0.05, 0) is 30.3 Å². The maximum absolute atomic E-state index is 12.6. The molecule has 3 aromatic rings. The van der Waals surface area contributed by atoms with E-state index in [9.17, 15) is 31.6 Å². The van der Waals surface area contributed by atoms with Crippen LogP contribution < -0.4 is 16.6 Å². The molecule has 2 heterocycles. The normalized spacial score (nSPS) is 11.8. The van der Waals surface area contributed by atoms with Gasteiger partial charge in [0.2, 0.25) is 9.84 Å². The number of benzene rings is 1. The van der Waals surface area contributed by atoms with Gasteiger partial charge in [0.25, 0.3) is 11.5 Å². The van der Waals surface area contributed by atoms with Crippen LogP contribution in [0.25, 0.3) is 11.0 Å². The average molecular weight is 424 g/mol. The summed E-state index contributed by atoms with van der Waals surface area (Å²) in [6.45, 7) is 0. The fraction of sp³-hybridized carbons (Fsp3) is 0.176. The van der Waals surface area contributed by atoms with Crippen LogP contribution in [0.5, 0.6) is 0 Å². The van der Waals surface area contributed by atoms with Crippen molar-refractivity contribution in [2.45, 2.75) is 10.7 Å². The van der Waals surface area contributed by atoms with Gasteiger partial charge in [0.15, 0.2) is 0 Å². The van der Waals surface area contributed by atoms with Crippen molar-refractivity contribution in [1.82, 2.24) is 14.1 Å². The topological polar surface area (TPSA) is 120 Å². The van der Waals surface area contributed by atoms with E-state index in [0.717, 1.165) is 28.8 Å². The number of hydrogen-bond donors (Lipinski definition) is 1. The number of pyridine rings is 1. The Hall–Kier alpha value is -3.41. The SMILES string of the molecule is Cn1c(=O)c2cc(NC(=O)c3ccc(S(=O)(=O)C(F)F)cc3)cnc2n(C)c1=O. The Morgan fingerprint density at radius 1 is 1.10 bits per heavy atom. The van der Waals surface area contributed by atoms with Crippen molar-refractivity contribution < 1.29 is 22.0 Å². The van der Waals surface area contributed by atoms with Gasteiger partial charge >= 0.3 is 11.4 Å². The molecule has 3 rings (SSSR count). The van der Waals surface area contributed by atoms with E-state index >= 15 is 0 Å². The zero-order chi connectivity index (χ0) is 21.5. The minimum Gasteiger partial charge on any atom is -0.321 e. The third kappa shape index (κ3) is 3.53. The molecule has 0 aliphatic heterocycles. The van der Waals surface area contributed by atoms with E-state index in [-0.39, 0.29) is 22.3 Å². The average Bonchev–Trinajstić information content (AvgIpc) is 2.70. The number of carbonyl (C=O) groups excluding carboxylic acids is 1. The summed E-state index contributed by atoms with van der Waals surface area (Å²) in [5, 5.41) is 2.58. The lowest BCUT2D eigenvalue weighted by molar-refractivity contribution is 0.102. The summed E-state index contributed by atoms with van der Waals surface area (Å²) in [4.78, 5) is 40.0. The van der Waals surface area contributed by atoms with Crippen molar-refractivity contribution in [2.24, 2.45) is 14.1 Å². The maximum atomic E-state index is 12.6. The van der Waals surface area contributed by atoms with E-state index < -0.39 is 37.6 Å². The van der Waals surface area contributed by atoms with Crippen LogP contribution in [0.15, 0.2) is 51.0 Å². The summed E-state index contributed by atoms with van der Waals surface area (Å²) in [5.41, 5.74) is -0.842. The van der Waals surface area contributed by atoms with Gasteiger partial charge in [0.1, 0.15) is 5.65 Å². The molecule has 0 aliphatic rings. The summed E-state index contributed by atoms with van der Waals surface area (Å²) in [6.07, 6.45) is 1.24. The number of amides is 1. The molecule has 29 heavy (non-hydrogen) atoms. The van der Waals surface area contributed by atoms with Crippen molar-refractivity contribution in [1.29, 1.82) is 0 Å². The highest BCUT2D eigenvalue weighted by Crippen LogP contribution is 2.19. The molecule has 0 unspecified atom stereocenters. The van der Waals surface area contributed by atoms with Gasteiger partial charge in [-0.15, -0.1) is 0 Å². The van der Waals surface area contributed by atoms with Crippen molar-refractivity contribution in [3.05, 3.63) is 62.9 Å². The number of hydrogen-bond acceptors (Lipinski definition) is 6. The maximum Gasteiger partial charge on any atom is 0.341 e. The zero-order valence-electron chi connectivity index (χ0n) is 15.1. The van der Waals surface area contributed by atoms with E-state index in [1.807, 2.05) is 0 Å². The molecule has 0 saturated heterocycles. The van der Waals surface area contributed by atoms with Crippen LogP contribution in [-0.4, -0.2) is 34.2 Å². The molecule has 12 heteroatoms. The number of fused-ring (bicyclic) bond motifs is 1. The van der Waals surface area contributed by atoms with Crippen LogP contribution in [-0.2, 0) is 23.9 Å². The van der Waals surface area contributed by atoms with Crippen molar-refractivity contribution in [2.75, 3.05) is 5.32 Å². The number of anilines is 1. The lowest BCUT2D eigenvalue weighted by Crippen LogP contribution is -2.37. The Morgan fingerprint density at radius 2 is 1.72 bits per heavy atom. The number of halogens is 2. The van der Waals surface area contributed by atoms with E-state index in [2.05, 4.69) is 10.3 Å². The highest BCUT2D eigenvalue weighted by Gasteiger charge is 2.26. The van der Waals surface area contributed by atoms with E-state index in [1.165, 1.54) is 30.9 Å². The number of nitrogens with one attached hydrogen (secondary N) is 1. The largest absolute Gasteiger partial charge is 0.341 e. The first-order valence-electron chi connectivity index (χ1n) is 8.03. The van der Waals surface area contributed by atoms with Crippen LogP contribution in [0.4, 0.5) is 14.5 Å². The second kappa shape index (κ2) is 7.20. The fourth-order valence-electron chi connectivity index (χ4n) is 2.64. The molecule has 1 N–H and O–H groups in total. The Labute approximate surface area is 162 Å². The first kappa shape index (κ1) is 20.3. The minimum atomic E-state index is -4.76. The Morgan fingerprint density at radius 3 is 2.31 bits per heavy atom. The standard InChI is InChI=1S/C17H14F2N4O5S/c1-22-13-12(15(25)23(2)17(22)26)7-10(8-20-13)21-14(24)9-3-5-11(6-4-9)29(27,28)16(18)19/h3-8,16H,1-2H3,(H,21,24). The first-order valence-corrected chi connectivity index (χ1v) is 9.58. The molecular weight excluding hydrogens is 410 g/mol. The van der Waals surface area contributed by atoms with Crippen molar-refractivity contribution in [3.8, 4) is 0 Å². The second-order valence-corrected chi connectivity index (χ2v) is 8.00. The van der Waals surface area contributed by atoms with Crippen LogP contribution in [0.2, 0.25) is 0 Å². The third-order valence-corrected chi connectivity index (χ3v) is 5.63. The Balaban J connectivity index is 1.92. The minimum absolute atomic E-state index is 0.00618. The molecule has 152 valence electrons. The molecule has 0 aliphatic carbocycles. The number of aromatic nitrogens is 3. The Kier molecular flexibility index (Phi) is 5.05. The summed E-state index contributed by atoms with van der Waals surface area (Å²) >= 11 is 0. The number of sulfone groups is 1. The van der Waals surface area contributed by atoms with Crippen LogP contribution in [0.3, 0.4) is 0 Å². The van der Waals surface area contributed by atoms with Gasteiger partial charge in [-0.3, -0.25) is 18.7 Å². The monoisotopic (exact) mass is 424 g/mol. The molecule has 0 fully saturated rings. The van der Waals surface area contributed by atoms with Crippen LogP contribution in [0.1, 0.15) is 10.4 Å². The van der Waals surface area contributed by atoms with Crippen LogP contribution in [0, 0.1) is 0 Å². The Bertz CT molecular complexity index is 1350. The number of carbonyl (C=O) groups is 1. The van der Waals surface area contributed by atoms with Crippen LogP contribution >= 0.6 is 0 Å².